The Morgan fingerprint density at radius 1 is 1.32 bits per heavy atom. The molecule has 28 heavy (non-hydrogen) atoms. The Labute approximate surface area is 163 Å². The average molecular weight is 387 g/mol. The van der Waals surface area contributed by atoms with E-state index in [9.17, 15) is 9.59 Å². The molecule has 2 aromatic rings. The van der Waals surface area contributed by atoms with Crippen LogP contribution < -0.4 is 11.1 Å². The molecule has 3 rings (SSSR count). The number of halogens is 1. The van der Waals surface area contributed by atoms with Gasteiger partial charge in [-0.2, -0.15) is 0 Å². The molecule has 0 radical (unpaired) electrons. The zero-order chi connectivity index (χ0) is 20.8. The van der Waals surface area contributed by atoms with Gasteiger partial charge in [-0.25, -0.2) is 9.18 Å². The van der Waals surface area contributed by atoms with Gasteiger partial charge in [0.15, 0.2) is 0 Å². The molecule has 0 bridgehead atoms. The fourth-order valence-electron chi connectivity index (χ4n) is 3.64. The van der Waals surface area contributed by atoms with Crippen LogP contribution >= 0.6 is 0 Å². The monoisotopic (exact) mass is 387 g/mol. The van der Waals surface area contributed by atoms with Crippen LogP contribution in [-0.4, -0.2) is 28.6 Å². The van der Waals surface area contributed by atoms with Crippen LogP contribution in [0.2, 0.25) is 0 Å². The molecule has 7 heteroatoms. The van der Waals surface area contributed by atoms with E-state index in [1.165, 1.54) is 6.07 Å². The van der Waals surface area contributed by atoms with Crippen LogP contribution in [0.1, 0.15) is 60.8 Å². The van der Waals surface area contributed by atoms with E-state index in [0.717, 1.165) is 16.8 Å². The summed E-state index contributed by atoms with van der Waals surface area (Å²) in [5.41, 5.74) is 8.51. The topological polar surface area (TPSA) is 97.2 Å². The number of hydrogen-bond donors (Lipinski definition) is 3. The summed E-state index contributed by atoms with van der Waals surface area (Å²) >= 11 is 0. The first-order valence-corrected chi connectivity index (χ1v) is 9.28. The zero-order valence-electron chi connectivity index (χ0n) is 16.8. The van der Waals surface area contributed by atoms with E-state index >= 15 is 4.39 Å². The number of primary amides is 1. The van der Waals surface area contributed by atoms with Crippen molar-refractivity contribution in [2.75, 3.05) is 0 Å². The number of hydrogen-bond acceptors (Lipinski definition) is 3. The second-order valence-electron chi connectivity index (χ2n) is 8.28. The number of carbonyl (C=O) groups excluding carboxylic acids is 2. The maximum atomic E-state index is 15.0. The Bertz CT molecular complexity index is 999. The summed E-state index contributed by atoms with van der Waals surface area (Å²) in [6, 6.07) is 1.01. The fourth-order valence-corrected chi connectivity index (χ4v) is 3.64. The molecule has 1 heterocycles. The van der Waals surface area contributed by atoms with Crippen molar-refractivity contribution in [1.82, 2.24) is 10.3 Å². The molecule has 1 aliphatic carbocycles. The van der Waals surface area contributed by atoms with E-state index in [2.05, 4.69) is 10.3 Å². The molecule has 1 aromatic heterocycles. The maximum Gasteiger partial charge on any atom is 0.407 e. The molecule has 0 saturated carbocycles. The first-order chi connectivity index (χ1) is 13.0. The number of nitrogens with two attached hydrogens (primary N) is 1. The highest BCUT2D eigenvalue weighted by molar-refractivity contribution is 6.09. The van der Waals surface area contributed by atoms with Crippen LogP contribution in [0.5, 0.6) is 0 Å². The van der Waals surface area contributed by atoms with E-state index < -0.39 is 23.4 Å². The van der Waals surface area contributed by atoms with Crippen LogP contribution in [0.4, 0.5) is 9.18 Å². The zero-order valence-corrected chi connectivity index (χ0v) is 16.8. The van der Waals surface area contributed by atoms with Gasteiger partial charge >= 0.3 is 6.09 Å². The molecule has 1 aliphatic rings. The molecule has 150 valence electrons. The van der Waals surface area contributed by atoms with Crippen molar-refractivity contribution in [2.24, 2.45) is 5.73 Å². The number of aryl methyl sites for hydroxylation is 2. The molecule has 4 N–H and O–H groups in total. The normalized spacial score (nSPS) is 16.9. The first kappa shape index (κ1) is 19.9. The number of benzene rings is 1. The van der Waals surface area contributed by atoms with Gasteiger partial charge in [0.1, 0.15) is 11.4 Å². The Kier molecular flexibility index (Phi) is 4.95. The minimum absolute atomic E-state index is 0.134. The van der Waals surface area contributed by atoms with Gasteiger partial charge in [-0.1, -0.05) is 6.08 Å². The summed E-state index contributed by atoms with van der Waals surface area (Å²) in [5, 5.41) is 3.50. The number of aromatic nitrogens is 1. The van der Waals surface area contributed by atoms with E-state index in [1.807, 2.05) is 19.9 Å². The number of nitrogens with one attached hydrogen (secondary N) is 2. The second-order valence-corrected chi connectivity index (χ2v) is 8.28. The summed E-state index contributed by atoms with van der Waals surface area (Å²) in [7, 11) is 0. The van der Waals surface area contributed by atoms with E-state index in [4.69, 9.17) is 10.5 Å². The standard InChI is InChI=1S/C21H26FN3O3/c1-10-11(2)24-18-14(19(23)26)9-15(22)17(16(10)18)12-6-7-13(8-12)25-20(27)28-21(3,4)5/h6,9,13,24H,7-8H2,1-5H3,(H2,23,26)(H,25,27)/t13-/m1/s1. The highest BCUT2D eigenvalue weighted by Gasteiger charge is 2.28. The van der Waals surface area contributed by atoms with Gasteiger partial charge < -0.3 is 20.8 Å². The molecule has 0 spiro atoms. The lowest BCUT2D eigenvalue weighted by Gasteiger charge is -2.22. The van der Waals surface area contributed by atoms with Crippen molar-refractivity contribution in [2.45, 2.75) is 59.1 Å². The van der Waals surface area contributed by atoms with Gasteiger partial charge in [-0.05, 0) is 64.7 Å². The highest BCUT2D eigenvalue weighted by atomic mass is 19.1. The third-order valence-electron chi connectivity index (χ3n) is 4.95. The third kappa shape index (κ3) is 3.74. The van der Waals surface area contributed by atoms with Crippen LogP contribution in [0.15, 0.2) is 12.1 Å². The van der Waals surface area contributed by atoms with Crippen molar-refractivity contribution < 1.29 is 18.7 Å². The molecular weight excluding hydrogens is 361 g/mol. The SMILES string of the molecule is Cc1[nH]c2c(C(N)=O)cc(F)c(C3=CC[C@@H](NC(=O)OC(C)(C)C)C3)c2c1C. The molecule has 0 saturated heterocycles. The van der Waals surface area contributed by atoms with Gasteiger partial charge in [0.25, 0.3) is 5.91 Å². The fraction of sp³-hybridized carbons (Fsp3) is 0.429. The van der Waals surface area contributed by atoms with Crippen molar-refractivity contribution in [3.8, 4) is 0 Å². The lowest BCUT2D eigenvalue weighted by molar-refractivity contribution is 0.0507. The number of H-pyrrole nitrogens is 1. The largest absolute Gasteiger partial charge is 0.444 e. The number of amides is 2. The highest BCUT2D eigenvalue weighted by Crippen LogP contribution is 2.38. The molecular formula is C21H26FN3O3. The van der Waals surface area contributed by atoms with Gasteiger partial charge in [-0.3, -0.25) is 4.79 Å². The average Bonchev–Trinajstić information content (AvgIpc) is 3.11. The lowest BCUT2D eigenvalue weighted by atomic mass is 9.95. The molecule has 6 nitrogen and oxygen atoms in total. The summed E-state index contributed by atoms with van der Waals surface area (Å²) in [4.78, 5) is 26.9. The number of carbonyl (C=O) groups is 2. The minimum Gasteiger partial charge on any atom is -0.444 e. The van der Waals surface area contributed by atoms with Gasteiger partial charge in [0.05, 0.1) is 11.1 Å². The van der Waals surface area contributed by atoms with Crippen molar-refractivity contribution in [3.63, 3.8) is 0 Å². The molecule has 0 aliphatic heterocycles. The van der Waals surface area contributed by atoms with Crippen LogP contribution in [0.25, 0.3) is 16.5 Å². The Hall–Kier alpha value is -2.83. The number of ether oxygens (including phenoxy) is 1. The summed E-state index contributed by atoms with van der Waals surface area (Å²) in [5.74, 6) is -1.17. The lowest BCUT2D eigenvalue weighted by Crippen LogP contribution is -2.38. The first-order valence-electron chi connectivity index (χ1n) is 9.28. The van der Waals surface area contributed by atoms with Crippen molar-refractivity contribution >= 4 is 28.5 Å². The van der Waals surface area contributed by atoms with Crippen LogP contribution in [0.3, 0.4) is 0 Å². The molecule has 0 unspecified atom stereocenters. The second kappa shape index (κ2) is 6.96. The molecule has 0 fully saturated rings. The number of fused-ring (bicyclic) bond motifs is 1. The maximum absolute atomic E-state index is 15.0. The summed E-state index contributed by atoms with van der Waals surface area (Å²) in [6.45, 7) is 9.16. The molecule has 1 aromatic carbocycles. The quantitative estimate of drug-likeness (QED) is 0.740. The Morgan fingerprint density at radius 3 is 2.61 bits per heavy atom. The van der Waals surface area contributed by atoms with E-state index in [0.29, 0.717) is 29.3 Å². The molecule has 1 atom stereocenters. The van der Waals surface area contributed by atoms with Crippen molar-refractivity contribution in [3.05, 3.63) is 40.3 Å². The minimum atomic E-state index is -0.679. The van der Waals surface area contributed by atoms with Gasteiger partial charge in [0.2, 0.25) is 0 Å². The molecule has 2 amide bonds. The third-order valence-corrected chi connectivity index (χ3v) is 4.95. The van der Waals surface area contributed by atoms with E-state index in [1.54, 1.807) is 20.8 Å². The number of rotatable bonds is 3. The predicted octanol–water partition coefficient (Wildman–Crippen LogP) is 4.09. The van der Waals surface area contributed by atoms with E-state index in [-0.39, 0.29) is 11.6 Å². The smallest absolute Gasteiger partial charge is 0.407 e. The Balaban J connectivity index is 1.93. The summed E-state index contributed by atoms with van der Waals surface area (Å²) < 4.78 is 20.3. The van der Waals surface area contributed by atoms with Gasteiger partial charge in [-0.15, -0.1) is 0 Å². The summed E-state index contributed by atoms with van der Waals surface area (Å²) in [6.07, 6.45) is 2.49. The number of alkyl carbamates (subject to hydrolysis) is 1. The Morgan fingerprint density at radius 2 is 2.00 bits per heavy atom. The predicted molar refractivity (Wildman–Crippen MR) is 107 cm³/mol. The van der Waals surface area contributed by atoms with Crippen molar-refractivity contribution in [1.29, 1.82) is 0 Å². The number of aromatic amines is 1. The van der Waals surface area contributed by atoms with Gasteiger partial charge in [0, 0.05) is 22.7 Å². The van der Waals surface area contributed by atoms with Crippen LogP contribution in [0, 0.1) is 19.7 Å². The van der Waals surface area contributed by atoms with Crippen LogP contribution in [-0.2, 0) is 4.74 Å².